The Morgan fingerprint density at radius 2 is 1.81 bits per heavy atom. The number of rotatable bonds is 5. The molecule has 0 fully saturated rings. The molecule has 0 saturated carbocycles. The minimum absolute atomic E-state index is 0.0261. The summed E-state index contributed by atoms with van der Waals surface area (Å²) in [5.74, 6) is -1.22. The van der Waals surface area contributed by atoms with Gasteiger partial charge in [-0.2, -0.15) is 0 Å². The van der Waals surface area contributed by atoms with Crippen LogP contribution in [-0.4, -0.2) is 16.8 Å². The second kappa shape index (κ2) is 8.07. The molecule has 0 aliphatic carbocycles. The highest BCUT2D eigenvalue weighted by Gasteiger charge is 2.12. The number of nitrogens with one attached hydrogen (secondary N) is 2. The van der Waals surface area contributed by atoms with Crippen LogP contribution in [0.3, 0.4) is 0 Å². The Kier molecular flexibility index (Phi) is 5.60. The van der Waals surface area contributed by atoms with Gasteiger partial charge in [0.25, 0.3) is 5.91 Å². The first kappa shape index (κ1) is 18.0. The van der Waals surface area contributed by atoms with Crippen molar-refractivity contribution in [3.63, 3.8) is 0 Å². The van der Waals surface area contributed by atoms with Gasteiger partial charge < -0.3 is 5.32 Å². The van der Waals surface area contributed by atoms with E-state index in [-0.39, 0.29) is 18.0 Å². The fourth-order valence-electron chi connectivity index (χ4n) is 2.14. The average Bonchev–Trinajstić information content (AvgIpc) is 3.04. The van der Waals surface area contributed by atoms with E-state index in [0.717, 1.165) is 0 Å². The van der Waals surface area contributed by atoms with Gasteiger partial charge in [-0.1, -0.05) is 23.7 Å². The Balaban J connectivity index is 1.59. The molecule has 0 unspecified atom stereocenters. The lowest BCUT2D eigenvalue weighted by Gasteiger charge is -2.04. The third-order valence-electron chi connectivity index (χ3n) is 3.37. The molecule has 0 radical (unpaired) electrons. The number of para-hydroxylation sites is 1. The van der Waals surface area contributed by atoms with Gasteiger partial charge in [-0.05, 0) is 36.4 Å². The number of hydrogen-bond acceptors (Lipinski definition) is 4. The molecule has 0 atom stereocenters. The molecular weight excluding hydrogens is 377 g/mol. The molecule has 2 N–H and O–H groups in total. The van der Waals surface area contributed by atoms with E-state index >= 15 is 0 Å². The van der Waals surface area contributed by atoms with Gasteiger partial charge in [0.1, 0.15) is 5.82 Å². The number of anilines is 2. The lowest BCUT2D eigenvalue weighted by atomic mass is 10.2. The third-order valence-corrected chi connectivity index (χ3v) is 4.43. The third kappa shape index (κ3) is 4.65. The highest BCUT2D eigenvalue weighted by molar-refractivity contribution is 7.14. The maximum Gasteiger partial charge on any atom is 0.257 e. The maximum absolute atomic E-state index is 13.5. The second-order valence-electron chi connectivity index (χ2n) is 5.31. The molecule has 3 rings (SSSR count). The standard InChI is InChI=1S/C18H13ClFN3O2S/c19-12-7-5-11(6-8-12)17(25)23-18-21-13(10-26-18)9-16(24)22-15-4-2-1-3-14(15)20/h1-8,10H,9H2,(H,22,24)(H,21,23,25). The predicted molar refractivity (Wildman–Crippen MR) is 100 cm³/mol. The van der Waals surface area contributed by atoms with Crippen LogP contribution in [0.1, 0.15) is 16.1 Å². The van der Waals surface area contributed by atoms with Crippen LogP contribution in [0.4, 0.5) is 15.2 Å². The molecule has 26 heavy (non-hydrogen) atoms. The fraction of sp³-hybridized carbons (Fsp3) is 0.0556. The molecule has 2 aromatic carbocycles. The summed E-state index contributed by atoms with van der Waals surface area (Å²) in [4.78, 5) is 28.3. The summed E-state index contributed by atoms with van der Waals surface area (Å²) in [6, 6.07) is 12.4. The van der Waals surface area contributed by atoms with Crippen LogP contribution in [0.5, 0.6) is 0 Å². The number of carbonyl (C=O) groups excluding carboxylic acids is 2. The summed E-state index contributed by atoms with van der Waals surface area (Å²) in [6.07, 6.45) is -0.0261. The first-order valence-corrected chi connectivity index (χ1v) is 8.83. The summed E-state index contributed by atoms with van der Waals surface area (Å²) in [6.45, 7) is 0. The average molecular weight is 390 g/mol. The van der Waals surface area contributed by atoms with Crippen molar-refractivity contribution in [1.29, 1.82) is 0 Å². The Hall–Kier alpha value is -2.77. The molecule has 1 heterocycles. The summed E-state index contributed by atoms with van der Waals surface area (Å²) in [5, 5.41) is 7.73. The van der Waals surface area contributed by atoms with Gasteiger partial charge in [-0.25, -0.2) is 9.37 Å². The van der Waals surface area contributed by atoms with Gasteiger partial charge >= 0.3 is 0 Å². The quantitative estimate of drug-likeness (QED) is 0.680. The minimum Gasteiger partial charge on any atom is -0.323 e. The molecule has 1 aromatic heterocycles. The van der Waals surface area contributed by atoms with Gasteiger partial charge in [-0.3, -0.25) is 14.9 Å². The number of halogens is 2. The molecule has 0 saturated heterocycles. The van der Waals surface area contributed by atoms with Crippen LogP contribution in [0.15, 0.2) is 53.9 Å². The Morgan fingerprint density at radius 1 is 1.08 bits per heavy atom. The summed E-state index contributed by atoms with van der Waals surface area (Å²) < 4.78 is 13.5. The largest absolute Gasteiger partial charge is 0.323 e. The molecule has 2 amide bonds. The molecule has 132 valence electrons. The summed E-state index contributed by atoms with van der Waals surface area (Å²) in [7, 11) is 0. The summed E-state index contributed by atoms with van der Waals surface area (Å²) >= 11 is 7.00. The summed E-state index contributed by atoms with van der Waals surface area (Å²) in [5.41, 5.74) is 1.04. The van der Waals surface area contributed by atoms with Crippen molar-refractivity contribution >= 4 is 45.6 Å². The van der Waals surface area contributed by atoms with Crippen molar-refractivity contribution in [3.8, 4) is 0 Å². The lowest BCUT2D eigenvalue weighted by molar-refractivity contribution is -0.115. The molecule has 0 bridgehead atoms. The Bertz CT molecular complexity index is 944. The molecule has 3 aromatic rings. The van der Waals surface area contributed by atoms with Gasteiger partial charge in [-0.15, -0.1) is 11.3 Å². The molecule has 0 aliphatic heterocycles. The number of aromatic nitrogens is 1. The van der Waals surface area contributed by atoms with E-state index in [1.165, 1.54) is 23.5 Å². The van der Waals surface area contributed by atoms with E-state index in [1.54, 1.807) is 41.8 Å². The molecule has 5 nitrogen and oxygen atoms in total. The normalized spacial score (nSPS) is 10.4. The van der Waals surface area contributed by atoms with Crippen LogP contribution in [0, 0.1) is 5.82 Å². The minimum atomic E-state index is -0.505. The van der Waals surface area contributed by atoms with E-state index in [9.17, 15) is 14.0 Å². The first-order chi connectivity index (χ1) is 12.5. The van der Waals surface area contributed by atoms with Gasteiger partial charge in [0.05, 0.1) is 17.8 Å². The van der Waals surface area contributed by atoms with E-state index in [2.05, 4.69) is 15.6 Å². The number of benzene rings is 2. The van der Waals surface area contributed by atoms with Crippen molar-refractivity contribution in [1.82, 2.24) is 4.98 Å². The predicted octanol–water partition coefficient (Wildman–Crippen LogP) is 4.37. The smallest absolute Gasteiger partial charge is 0.257 e. The van der Waals surface area contributed by atoms with Gasteiger partial charge in [0.2, 0.25) is 5.91 Å². The van der Waals surface area contributed by atoms with Crippen molar-refractivity contribution in [2.24, 2.45) is 0 Å². The first-order valence-electron chi connectivity index (χ1n) is 7.57. The number of amides is 2. The van der Waals surface area contributed by atoms with E-state index in [1.807, 2.05) is 0 Å². The number of nitrogens with zero attached hydrogens (tertiary/aromatic N) is 1. The Labute approximate surface area is 157 Å². The van der Waals surface area contributed by atoms with E-state index in [0.29, 0.717) is 21.4 Å². The van der Waals surface area contributed by atoms with E-state index in [4.69, 9.17) is 11.6 Å². The number of hydrogen-bond donors (Lipinski definition) is 2. The second-order valence-corrected chi connectivity index (χ2v) is 6.60. The highest BCUT2D eigenvalue weighted by atomic mass is 35.5. The molecule has 0 spiro atoms. The number of thiazole rings is 1. The zero-order valence-corrected chi connectivity index (χ0v) is 14.9. The lowest BCUT2D eigenvalue weighted by Crippen LogP contribution is -2.16. The molecule has 8 heteroatoms. The maximum atomic E-state index is 13.5. The van der Waals surface area contributed by atoms with E-state index < -0.39 is 11.7 Å². The van der Waals surface area contributed by atoms with Crippen LogP contribution in [-0.2, 0) is 11.2 Å². The van der Waals surface area contributed by atoms with Crippen molar-refractivity contribution in [3.05, 3.63) is 76.0 Å². The topological polar surface area (TPSA) is 71.1 Å². The van der Waals surface area contributed by atoms with Crippen LogP contribution in [0.25, 0.3) is 0 Å². The van der Waals surface area contributed by atoms with Crippen LogP contribution >= 0.6 is 22.9 Å². The van der Waals surface area contributed by atoms with Crippen molar-refractivity contribution in [2.45, 2.75) is 6.42 Å². The van der Waals surface area contributed by atoms with Gasteiger partial charge in [0, 0.05) is 16.0 Å². The SMILES string of the molecule is O=C(Cc1csc(NC(=O)c2ccc(Cl)cc2)n1)Nc1ccccc1F. The van der Waals surface area contributed by atoms with Crippen LogP contribution in [0.2, 0.25) is 5.02 Å². The van der Waals surface area contributed by atoms with Crippen LogP contribution < -0.4 is 10.6 Å². The van der Waals surface area contributed by atoms with Crippen molar-refractivity contribution in [2.75, 3.05) is 10.6 Å². The Morgan fingerprint density at radius 3 is 2.54 bits per heavy atom. The molecule has 0 aliphatic rings. The monoisotopic (exact) mass is 389 g/mol. The highest BCUT2D eigenvalue weighted by Crippen LogP contribution is 2.19. The van der Waals surface area contributed by atoms with Gasteiger partial charge in [0.15, 0.2) is 5.13 Å². The molecular formula is C18H13ClFN3O2S. The zero-order chi connectivity index (χ0) is 18.5. The zero-order valence-electron chi connectivity index (χ0n) is 13.3. The number of carbonyl (C=O) groups is 2. The van der Waals surface area contributed by atoms with Crippen molar-refractivity contribution < 1.29 is 14.0 Å². The fourth-order valence-corrected chi connectivity index (χ4v) is 2.97.